The molecular weight excluding hydrogens is 395 g/mol. The average molecular weight is 415 g/mol. The molecule has 1 unspecified atom stereocenters. The van der Waals surface area contributed by atoms with Crippen molar-refractivity contribution in [3.63, 3.8) is 0 Å². The summed E-state index contributed by atoms with van der Waals surface area (Å²) in [6.45, 7) is 4.42. The van der Waals surface area contributed by atoms with Crippen LogP contribution >= 0.6 is 23.2 Å². The number of para-hydroxylation sites is 1. The number of rotatable bonds is 3. The van der Waals surface area contributed by atoms with Gasteiger partial charge in [0.15, 0.2) is 0 Å². The minimum atomic E-state index is -0.294. The topological polar surface area (TPSA) is 50.2 Å². The van der Waals surface area contributed by atoms with E-state index in [1.807, 2.05) is 61.0 Å². The van der Waals surface area contributed by atoms with E-state index in [1.165, 1.54) is 0 Å². The minimum absolute atomic E-state index is 0.0138. The molecule has 0 fully saturated rings. The molecule has 0 spiro atoms. The van der Waals surface area contributed by atoms with Crippen LogP contribution in [0.25, 0.3) is 0 Å². The Balaban J connectivity index is 1.73. The fourth-order valence-electron chi connectivity index (χ4n) is 3.71. The Kier molecular flexibility index (Phi) is 4.81. The van der Waals surface area contributed by atoms with Gasteiger partial charge in [0.2, 0.25) is 0 Å². The molecule has 0 saturated carbocycles. The SMILES string of the molecule is Cc1nn(Cc2c(Cl)cccc2Cl)c(C)c1C1Nc2ccccc2C(=O)N1C. The van der Waals surface area contributed by atoms with Crippen LogP contribution in [0.4, 0.5) is 5.69 Å². The highest BCUT2D eigenvalue weighted by Crippen LogP contribution is 2.35. The van der Waals surface area contributed by atoms with Gasteiger partial charge >= 0.3 is 0 Å². The van der Waals surface area contributed by atoms with Crippen molar-refractivity contribution >= 4 is 34.8 Å². The number of nitrogens with zero attached hydrogens (tertiary/aromatic N) is 3. The van der Waals surface area contributed by atoms with Crippen LogP contribution in [0, 0.1) is 13.8 Å². The zero-order valence-corrected chi connectivity index (χ0v) is 17.3. The summed E-state index contributed by atoms with van der Waals surface area (Å²) in [4.78, 5) is 14.5. The first-order chi connectivity index (χ1) is 13.4. The predicted octanol–water partition coefficient (Wildman–Crippen LogP) is 5.05. The first-order valence-electron chi connectivity index (χ1n) is 8.98. The Hall–Kier alpha value is -2.50. The van der Waals surface area contributed by atoms with Crippen LogP contribution in [0.3, 0.4) is 0 Å². The Bertz CT molecular complexity index is 1060. The van der Waals surface area contributed by atoms with E-state index < -0.39 is 0 Å². The molecule has 1 amide bonds. The van der Waals surface area contributed by atoms with Gasteiger partial charge in [0, 0.05) is 39.6 Å². The maximum absolute atomic E-state index is 12.8. The average Bonchev–Trinajstić information content (AvgIpc) is 2.95. The maximum Gasteiger partial charge on any atom is 0.257 e. The lowest BCUT2D eigenvalue weighted by Gasteiger charge is -2.35. The molecule has 7 heteroatoms. The van der Waals surface area contributed by atoms with E-state index in [0.717, 1.165) is 28.2 Å². The number of hydrogen-bond donors (Lipinski definition) is 1. The molecule has 4 rings (SSSR count). The second kappa shape index (κ2) is 7.15. The molecule has 5 nitrogen and oxygen atoms in total. The number of anilines is 1. The molecule has 3 aromatic rings. The van der Waals surface area contributed by atoms with Crippen LogP contribution in [0.5, 0.6) is 0 Å². The number of amides is 1. The molecule has 0 saturated heterocycles. The molecule has 2 heterocycles. The number of halogens is 2. The van der Waals surface area contributed by atoms with E-state index in [0.29, 0.717) is 22.2 Å². The summed E-state index contributed by atoms with van der Waals surface area (Å²) in [5.74, 6) is -0.0138. The van der Waals surface area contributed by atoms with E-state index >= 15 is 0 Å². The van der Waals surface area contributed by atoms with E-state index in [2.05, 4.69) is 5.32 Å². The van der Waals surface area contributed by atoms with Crippen LogP contribution in [0.1, 0.15) is 39.0 Å². The van der Waals surface area contributed by atoms with Gasteiger partial charge in [-0.2, -0.15) is 5.10 Å². The summed E-state index contributed by atoms with van der Waals surface area (Å²) in [5, 5.41) is 9.39. The summed E-state index contributed by atoms with van der Waals surface area (Å²) < 4.78 is 1.89. The van der Waals surface area contributed by atoms with E-state index in [-0.39, 0.29) is 12.1 Å². The first-order valence-corrected chi connectivity index (χ1v) is 9.73. The number of hydrogen-bond acceptors (Lipinski definition) is 3. The Morgan fingerprint density at radius 2 is 1.75 bits per heavy atom. The molecular formula is C21H20Cl2N4O. The normalized spacial score (nSPS) is 16.1. The van der Waals surface area contributed by atoms with Gasteiger partial charge in [0.05, 0.1) is 17.8 Å². The zero-order valence-electron chi connectivity index (χ0n) is 15.8. The third-order valence-corrected chi connectivity index (χ3v) is 5.95. The molecule has 0 radical (unpaired) electrons. The third kappa shape index (κ3) is 3.05. The molecule has 144 valence electrons. The van der Waals surface area contributed by atoms with Gasteiger partial charge in [-0.25, -0.2) is 0 Å². The number of carbonyl (C=O) groups is 1. The van der Waals surface area contributed by atoms with E-state index in [9.17, 15) is 4.79 Å². The van der Waals surface area contributed by atoms with Gasteiger partial charge in [-0.1, -0.05) is 41.4 Å². The zero-order chi connectivity index (χ0) is 20.0. The van der Waals surface area contributed by atoms with Crippen LogP contribution in [-0.2, 0) is 6.54 Å². The van der Waals surface area contributed by atoms with Crippen molar-refractivity contribution in [3.05, 3.63) is 80.6 Å². The molecule has 0 aliphatic carbocycles. The highest BCUT2D eigenvalue weighted by Gasteiger charge is 2.33. The minimum Gasteiger partial charge on any atom is -0.361 e. The number of nitrogens with one attached hydrogen (secondary N) is 1. The summed E-state index contributed by atoms with van der Waals surface area (Å²) in [5.41, 5.74) is 5.13. The standard InChI is InChI=1S/C21H20Cl2N4O/c1-12-19(20-24-18-10-5-4-7-14(18)21(28)26(20)3)13(2)27(25-12)11-15-16(22)8-6-9-17(15)23/h4-10,20,24H,11H2,1-3H3. The van der Waals surface area contributed by atoms with Gasteiger partial charge in [0.25, 0.3) is 5.91 Å². The second-order valence-electron chi connectivity index (χ2n) is 6.95. The smallest absolute Gasteiger partial charge is 0.257 e. The van der Waals surface area contributed by atoms with E-state index in [4.69, 9.17) is 28.3 Å². The fourth-order valence-corrected chi connectivity index (χ4v) is 4.22. The summed E-state index contributed by atoms with van der Waals surface area (Å²) >= 11 is 12.7. The van der Waals surface area contributed by atoms with Crippen LogP contribution in [0.2, 0.25) is 10.0 Å². The lowest BCUT2D eigenvalue weighted by Crippen LogP contribution is -2.40. The predicted molar refractivity (Wildman–Crippen MR) is 112 cm³/mol. The van der Waals surface area contributed by atoms with Gasteiger partial charge < -0.3 is 10.2 Å². The van der Waals surface area contributed by atoms with Crippen LogP contribution < -0.4 is 5.32 Å². The molecule has 1 aliphatic heterocycles. The van der Waals surface area contributed by atoms with E-state index in [1.54, 1.807) is 11.9 Å². The van der Waals surface area contributed by atoms with Crippen molar-refractivity contribution in [3.8, 4) is 0 Å². The lowest BCUT2D eigenvalue weighted by atomic mass is 10.0. The summed E-state index contributed by atoms with van der Waals surface area (Å²) in [6.07, 6.45) is -0.294. The molecule has 0 bridgehead atoms. The molecule has 1 N–H and O–H groups in total. The first kappa shape index (κ1) is 18.8. The number of benzene rings is 2. The van der Waals surface area contributed by atoms with Crippen molar-refractivity contribution in [2.75, 3.05) is 12.4 Å². The largest absolute Gasteiger partial charge is 0.361 e. The Labute approximate surface area is 173 Å². The highest BCUT2D eigenvalue weighted by atomic mass is 35.5. The molecule has 1 aromatic heterocycles. The summed E-state index contributed by atoms with van der Waals surface area (Å²) in [7, 11) is 1.80. The summed E-state index contributed by atoms with van der Waals surface area (Å²) in [6, 6.07) is 13.0. The maximum atomic E-state index is 12.8. The molecule has 2 aromatic carbocycles. The second-order valence-corrected chi connectivity index (χ2v) is 7.77. The fraction of sp³-hybridized carbons (Fsp3) is 0.238. The third-order valence-electron chi connectivity index (χ3n) is 5.24. The number of aryl methyl sites for hydroxylation is 1. The van der Waals surface area contributed by atoms with Crippen molar-refractivity contribution in [2.45, 2.75) is 26.6 Å². The van der Waals surface area contributed by atoms with Gasteiger partial charge in [-0.3, -0.25) is 9.48 Å². The van der Waals surface area contributed by atoms with Crippen molar-refractivity contribution < 1.29 is 4.79 Å². The van der Waals surface area contributed by atoms with Gasteiger partial charge in [-0.05, 0) is 38.1 Å². The van der Waals surface area contributed by atoms with Crippen LogP contribution in [0.15, 0.2) is 42.5 Å². The lowest BCUT2D eigenvalue weighted by molar-refractivity contribution is 0.0735. The van der Waals surface area contributed by atoms with Crippen LogP contribution in [-0.4, -0.2) is 27.6 Å². The number of fused-ring (bicyclic) bond motifs is 1. The van der Waals surface area contributed by atoms with Crippen molar-refractivity contribution in [2.24, 2.45) is 0 Å². The molecule has 28 heavy (non-hydrogen) atoms. The molecule has 1 atom stereocenters. The van der Waals surface area contributed by atoms with Crippen molar-refractivity contribution in [1.82, 2.24) is 14.7 Å². The van der Waals surface area contributed by atoms with Crippen molar-refractivity contribution in [1.29, 1.82) is 0 Å². The number of aromatic nitrogens is 2. The number of carbonyl (C=O) groups excluding carboxylic acids is 1. The molecule has 1 aliphatic rings. The monoisotopic (exact) mass is 414 g/mol. The quantitative estimate of drug-likeness (QED) is 0.651. The van der Waals surface area contributed by atoms with Gasteiger partial charge in [0.1, 0.15) is 6.17 Å². The Morgan fingerprint density at radius 3 is 2.46 bits per heavy atom. The van der Waals surface area contributed by atoms with Gasteiger partial charge in [-0.15, -0.1) is 0 Å². The highest BCUT2D eigenvalue weighted by molar-refractivity contribution is 6.35. The Morgan fingerprint density at radius 1 is 1.07 bits per heavy atom.